The van der Waals surface area contributed by atoms with Gasteiger partial charge in [0.15, 0.2) is 0 Å². The average molecular weight is 233 g/mol. The molecule has 0 bridgehead atoms. The Morgan fingerprint density at radius 2 is 1.94 bits per heavy atom. The summed E-state index contributed by atoms with van der Waals surface area (Å²) in [4.78, 5) is 0. The Morgan fingerprint density at radius 1 is 1.18 bits per heavy atom. The van der Waals surface area contributed by atoms with Gasteiger partial charge in [-0.3, -0.25) is 0 Å². The van der Waals surface area contributed by atoms with E-state index >= 15 is 0 Å². The van der Waals surface area contributed by atoms with Gasteiger partial charge in [0, 0.05) is 0 Å². The smallest absolute Gasteiger partial charge is 0.00457 e. The molecule has 1 unspecified atom stereocenters. The number of nitrogens with two attached hydrogens (primary N) is 1. The van der Waals surface area contributed by atoms with Crippen molar-refractivity contribution < 1.29 is 0 Å². The van der Waals surface area contributed by atoms with Gasteiger partial charge in [0.05, 0.1) is 0 Å². The molecule has 0 amide bonds. The summed E-state index contributed by atoms with van der Waals surface area (Å²) in [5.41, 5.74) is 8.66. The quantitative estimate of drug-likeness (QED) is 0.758. The number of aryl methyl sites for hydroxylation is 1. The molecule has 1 nitrogen and oxygen atoms in total. The predicted molar refractivity (Wildman–Crippen MR) is 76.1 cm³/mol. The molecule has 0 saturated heterocycles. The van der Waals surface area contributed by atoms with E-state index in [1.807, 2.05) is 0 Å². The molecule has 0 aliphatic rings. The van der Waals surface area contributed by atoms with E-state index in [0.717, 1.165) is 18.9 Å². The number of hydrogen-bond donors (Lipinski definition) is 1. The van der Waals surface area contributed by atoms with Crippen LogP contribution in [0.15, 0.2) is 24.3 Å². The van der Waals surface area contributed by atoms with Gasteiger partial charge in [-0.25, -0.2) is 0 Å². The predicted octanol–water partition coefficient (Wildman–Crippen LogP) is 3.94. The zero-order valence-corrected chi connectivity index (χ0v) is 11.6. The summed E-state index contributed by atoms with van der Waals surface area (Å²) in [6.07, 6.45) is 5.04. The van der Waals surface area contributed by atoms with E-state index in [4.69, 9.17) is 5.73 Å². The van der Waals surface area contributed by atoms with Crippen LogP contribution < -0.4 is 5.73 Å². The largest absolute Gasteiger partial charge is 0.330 e. The van der Waals surface area contributed by atoms with Gasteiger partial charge in [0.1, 0.15) is 0 Å². The van der Waals surface area contributed by atoms with Crippen LogP contribution in [-0.2, 0) is 6.42 Å². The molecule has 1 atom stereocenters. The highest BCUT2D eigenvalue weighted by Crippen LogP contribution is 2.17. The summed E-state index contributed by atoms with van der Waals surface area (Å²) in [7, 11) is 0. The summed E-state index contributed by atoms with van der Waals surface area (Å²) in [5.74, 6) is 1.46. The normalized spacial score (nSPS) is 13.0. The van der Waals surface area contributed by atoms with Crippen molar-refractivity contribution in [3.8, 4) is 0 Å². The maximum Gasteiger partial charge on any atom is -0.00457 e. The van der Waals surface area contributed by atoms with E-state index in [2.05, 4.69) is 45.0 Å². The van der Waals surface area contributed by atoms with Gasteiger partial charge in [-0.1, -0.05) is 56.5 Å². The van der Waals surface area contributed by atoms with Crippen molar-refractivity contribution in [2.45, 2.75) is 46.5 Å². The van der Waals surface area contributed by atoms with Crippen LogP contribution in [0.1, 0.15) is 44.2 Å². The third-order valence-corrected chi connectivity index (χ3v) is 3.33. The maximum absolute atomic E-state index is 5.88. The number of hydrogen-bond acceptors (Lipinski definition) is 1. The fourth-order valence-corrected chi connectivity index (χ4v) is 2.29. The molecular weight excluding hydrogens is 206 g/mol. The first kappa shape index (κ1) is 14.2. The summed E-state index contributed by atoms with van der Waals surface area (Å²) < 4.78 is 0. The van der Waals surface area contributed by atoms with Crippen molar-refractivity contribution in [2.75, 3.05) is 6.54 Å². The molecule has 0 spiro atoms. The second kappa shape index (κ2) is 7.50. The second-order valence-electron chi connectivity index (χ2n) is 5.62. The van der Waals surface area contributed by atoms with Crippen LogP contribution in [0.25, 0.3) is 0 Å². The van der Waals surface area contributed by atoms with Crippen molar-refractivity contribution in [3.05, 3.63) is 35.4 Å². The minimum atomic E-state index is 0.649. The standard InChI is InChI=1S/C16H27N/c1-13(2)6-4-9-16(12-17)11-15-8-5-7-14(3)10-15/h5,7-8,10,13,16H,4,6,9,11-12,17H2,1-3H3. The number of benzene rings is 1. The van der Waals surface area contributed by atoms with Gasteiger partial charge < -0.3 is 5.73 Å². The average Bonchev–Trinajstić information content (AvgIpc) is 2.27. The molecule has 0 fully saturated rings. The first-order chi connectivity index (χ1) is 8.11. The van der Waals surface area contributed by atoms with Gasteiger partial charge in [-0.05, 0) is 43.7 Å². The third kappa shape index (κ3) is 5.88. The van der Waals surface area contributed by atoms with E-state index in [9.17, 15) is 0 Å². The van der Waals surface area contributed by atoms with Crippen molar-refractivity contribution in [1.82, 2.24) is 0 Å². The highest BCUT2D eigenvalue weighted by atomic mass is 14.5. The molecule has 0 aliphatic heterocycles. The second-order valence-corrected chi connectivity index (χ2v) is 5.62. The molecule has 1 heteroatoms. The van der Waals surface area contributed by atoms with E-state index in [0.29, 0.717) is 5.92 Å². The monoisotopic (exact) mass is 233 g/mol. The van der Waals surface area contributed by atoms with Gasteiger partial charge in [0.25, 0.3) is 0 Å². The SMILES string of the molecule is Cc1cccc(CC(CN)CCCC(C)C)c1. The van der Waals surface area contributed by atoms with E-state index in [1.54, 1.807) is 0 Å². The van der Waals surface area contributed by atoms with Crippen molar-refractivity contribution in [3.63, 3.8) is 0 Å². The Labute approximate surface area is 106 Å². The minimum Gasteiger partial charge on any atom is -0.330 e. The number of rotatable bonds is 7. The van der Waals surface area contributed by atoms with Crippen LogP contribution in [0.4, 0.5) is 0 Å². The lowest BCUT2D eigenvalue weighted by Crippen LogP contribution is -2.17. The molecule has 0 heterocycles. The topological polar surface area (TPSA) is 26.0 Å². The highest BCUT2D eigenvalue weighted by molar-refractivity contribution is 5.22. The van der Waals surface area contributed by atoms with Crippen LogP contribution in [0.2, 0.25) is 0 Å². The molecule has 0 aromatic heterocycles. The van der Waals surface area contributed by atoms with Crippen LogP contribution in [0.5, 0.6) is 0 Å². The Hall–Kier alpha value is -0.820. The lowest BCUT2D eigenvalue weighted by molar-refractivity contribution is 0.436. The molecule has 1 aromatic carbocycles. The van der Waals surface area contributed by atoms with Gasteiger partial charge >= 0.3 is 0 Å². The molecule has 1 aromatic rings. The molecule has 0 radical (unpaired) electrons. The zero-order chi connectivity index (χ0) is 12.7. The van der Waals surface area contributed by atoms with Gasteiger partial charge in [-0.15, -0.1) is 0 Å². The lowest BCUT2D eigenvalue weighted by Gasteiger charge is -2.15. The van der Waals surface area contributed by atoms with Gasteiger partial charge in [-0.2, -0.15) is 0 Å². The zero-order valence-electron chi connectivity index (χ0n) is 11.6. The Morgan fingerprint density at radius 3 is 2.53 bits per heavy atom. The molecule has 17 heavy (non-hydrogen) atoms. The summed E-state index contributed by atoms with van der Waals surface area (Å²) in [6, 6.07) is 8.80. The van der Waals surface area contributed by atoms with E-state index in [1.165, 1.54) is 30.4 Å². The van der Waals surface area contributed by atoms with Crippen LogP contribution in [-0.4, -0.2) is 6.54 Å². The molecule has 2 N–H and O–H groups in total. The van der Waals surface area contributed by atoms with Crippen molar-refractivity contribution in [1.29, 1.82) is 0 Å². The molecule has 0 saturated carbocycles. The Balaban J connectivity index is 2.41. The third-order valence-electron chi connectivity index (χ3n) is 3.33. The summed E-state index contributed by atoms with van der Waals surface area (Å²) >= 11 is 0. The molecule has 0 aliphatic carbocycles. The summed E-state index contributed by atoms with van der Waals surface area (Å²) in [6.45, 7) is 7.54. The first-order valence-electron chi connectivity index (χ1n) is 6.87. The maximum atomic E-state index is 5.88. The van der Waals surface area contributed by atoms with Crippen LogP contribution in [0, 0.1) is 18.8 Å². The highest BCUT2D eigenvalue weighted by Gasteiger charge is 2.08. The van der Waals surface area contributed by atoms with Crippen molar-refractivity contribution >= 4 is 0 Å². The minimum absolute atomic E-state index is 0.649. The van der Waals surface area contributed by atoms with E-state index in [-0.39, 0.29) is 0 Å². The van der Waals surface area contributed by atoms with Crippen LogP contribution in [0.3, 0.4) is 0 Å². The van der Waals surface area contributed by atoms with Crippen molar-refractivity contribution in [2.24, 2.45) is 17.6 Å². The summed E-state index contributed by atoms with van der Waals surface area (Å²) in [5, 5.41) is 0. The lowest BCUT2D eigenvalue weighted by atomic mass is 9.92. The molecule has 96 valence electrons. The van der Waals surface area contributed by atoms with E-state index < -0.39 is 0 Å². The van der Waals surface area contributed by atoms with Crippen LogP contribution >= 0.6 is 0 Å². The Bertz CT molecular complexity index is 317. The molecule has 1 rings (SSSR count). The Kier molecular flexibility index (Phi) is 6.28. The fraction of sp³-hybridized carbons (Fsp3) is 0.625. The fourth-order valence-electron chi connectivity index (χ4n) is 2.29. The first-order valence-corrected chi connectivity index (χ1v) is 6.87. The van der Waals surface area contributed by atoms with Gasteiger partial charge in [0.2, 0.25) is 0 Å². The molecular formula is C16H27N.